The summed E-state index contributed by atoms with van der Waals surface area (Å²) in [5.41, 5.74) is 4.36. The Morgan fingerprint density at radius 3 is 2.33 bits per heavy atom. The van der Waals surface area contributed by atoms with Gasteiger partial charge in [-0.3, -0.25) is 0 Å². The summed E-state index contributed by atoms with van der Waals surface area (Å²) < 4.78 is 1.13. The summed E-state index contributed by atoms with van der Waals surface area (Å²) in [6, 6.07) is 16.5. The fourth-order valence-electron chi connectivity index (χ4n) is 3.73. The van der Waals surface area contributed by atoms with Crippen molar-refractivity contribution >= 4 is 44.1 Å². The van der Waals surface area contributed by atoms with E-state index in [9.17, 15) is 0 Å². The van der Waals surface area contributed by atoms with E-state index in [0.717, 1.165) is 69.4 Å². The van der Waals surface area contributed by atoms with Crippen LogP contribution >= 0.6 is 22.9 Å². The molecular weight excluding hydrogens is 414 g/mol. The van der Waals surface area contributed by atoms with Gasteiger partial charge in [0.25, 0.3) is 0 Å². The van der Waals surface area contributed by atoms with Crippen LogP contribution in [0.1, 0.15) is 11.4 Å². The maximum Gasteiger partial charge on any atom is 0.186 e. The Hall–Kier alpha value is -2.70. The molecule has 2 aromatic carbocycles. The summed E-state index contributed by atoms with van der Waals surface area (Å²) in [6.45, 7) is 7.69. The number of halogens is 1. The third kappa shape index (κ3) is 3.85. The van der Waals surface area contributed by atoms with Crippen LogP contribution in [0, 0.1) is 13.8 Å². The number of piperazine rings is 1. The Kier molecular flexibility index (Phi) is 5.05. The molecule has 5 rings (SSSR count). The molecule has 0 radical (unpaired) electrons. The molecule has 1 fully saturated rings. The van der Waals surface area contributed by atoms with E-state index in [1.54, 1.807) is 11.3 Å². The van der Waals surface area contributed by atoms with Crippen molar-refractivity contribution in [3.63, 3.8) is 0 Å². The van der Waals surface area contributed by atoms with Crippen LogP contribution in [0.3, 0.4) is 0 Å². The summed E-state index contributed by atoms with van der Waals surface area (Å²) >= 11 is 7.83. The zero-order chi connectivity index (χ0) is 20.7. The lowest BCUT2D eigenvalue weighted by molar-refractivity contribution is 0.645. The van der Waals surface area contributed by atoms with Crippen LogP contribution in [0.25, 0.3) is 21.5 Å². The van der Waals surface area contributed by atoms with E-state index in [-0.39, 0.29) is 0 Å². The SMILES string of the molecule is Cc1ccc(-c2cc(N3CCN(c4nc5ccc(Cl)cc5s4)CC3)nc(C)n2)cc1. The standard InChI is InChI=1S/C23H22ClN5S/c1-15-3-5-17(6-4-15)20-14-22(26-16(2)25-20)28-9-11-29(12-10-28)23-27-19-8-7-18(24)13-21(19)30-23/h3-8,13-14H,9-12H2,1-2H3. The molecular formula is C23H22ClN5S. The van der Waals surface area contributed by atoms with Crippen LogP contribution in [-0.4, -0.2) is 41.1 Å². The van der Waals surface area contributed by atoms with Crippen LogP contribution in [0.15, 0.2) is 48.5 Å². The van der Waals surface area contributed by atoms with E-state index in [1.807, 2.05) is 25.1 Å². The second-order valence-corrected chi connectivity index (χ2v) is 9.05. The Balaban J connectivity index is 1.34. The van der Waals surface area contributed by atoms with Crippen LogP contribution < -0.4 is 9.80 Å². The summed E-state index contributed by atoms with van der Waals surface area (Å²) in [5, 5.41) is 1.82. The van der Waals surface area contributed by atoms with Crippen molar-refractivity contribution in [1.29, 1.82) is 0 Å². The molecule has 3 heterocycles. The topological polar surface area (TPSA) is 45.2 Å². The molecule has 0 spiro atoms. The van der Waals surface area contributed by atoms with E-state index in [0.29, 0.717) is 0 Å². The number of fused-ring (bicyclic) bond motifs is 1. The van der Waals surface area contributed by atoms with Gasteiger partial charge in [0, 0.05) is 42.8 Å². The lowest BCUT2D eigenvalue weighted by Gasteiger charge is -2.35. The average molecular weight is 436 g/mol. The molecule has 0 N–H and O–H groups in total. The second kappa shape index (κ2) is 7.85. The molecule has 0 atom stereocenters. The predicted octanol–water partition coefficient (Wildman–Crippen LogP) is 5.35. The quantitative estimate of drug-likeness (QED) is 0.434. The smallest absolute Gasteiger partial charge is 0.186 e. The molecule has 0 aliphatic carbocycles. The third-order valence-electron chi connectivity index (χ3n) is 5.39. The maximum atomic E-state index is 6.12. The third-order valence-corrected chi connectivity index (χ3v) is 6.70. The first kappa shape index (κ1) is 19.3. The van der Waals surface area contributed by atoms with Gasteiger partial charge in [-0.05, 0) is 32.0 Å². The molecule has 0 amide bonds. The lowest BCUT2D eigenvalue weighted by atomic mass is 10.1. The summed E-state index contributed by atoms with van der Waals surface area (Å²) in [6.07, 6.45) is 0. The predicted molar refractivity (Wildman–Crippen MR) is 126 cm³/mol. The zero-order valence-electron chi connectivity index (χ0n) is 17.0. The van der Waals surface area contributed by atoms with E-state index >= 15 is 0 Å². The fourth-order valence-corrected chi connectivity index (χ4v) is 5.03. The van der Waals surface area contributed by atoms with Crippen LogP contribution in [0.5, 0.6) is 0 Å². The molecule has 152 valence electrons. The van der Waals surface area contributed by atoms with Crippen molar-refractivity contribution in [2.75, 3.05) is 36.0 Å². The van der Waals surface area contributed by atoms with Gasteiger partial charge in [-0.1, -0.05) is 52.8 Å². The maximum absolute atomic E-state index is 6.12. The number of thiazole rings is 1. The fraction of sp³-hybridized carbons (Fsp3) is 0.261. The van der Waals surface area contributed by atoms with Gasteiger partial charge in [-0.2, -0.15) is 0 Å². The number of hydrogen-bond donors (Lipinski definition) is 0. The molecule has 2 aromatic heterocycles. The van der Waals surface area contributed by atoms with Gasteiger partial charge in [0.05, 0.1) is 15.9 Å². The van der Waals surface area contributed by atoms with Gasteiger partial charge in [0.15, 0.2) is 5.13 Å². The molecule has 1 aliphatic rings. The molecule has 4 aromatic rings. The molecule has 5 nitrogen and oxygen atoms in total. The first-order chi connectivity index (χ1) is 14.5. The molecule has 0 unspecified atom stereocenters. The number of rotatable bonds is 3. The van der Waals surface area contributed by atoms with Crippen LogP contribution in [0.2, 0.25) is 5.02 Å². The second-order valence-electron chi connectivity index (χ2n) is 7.61. The molecule has 1 saturated heterocycles. The Labute approximate surface area is 185 Å². The average Bonchev–Trinajstić information content (AvgIpc) is 3.17. The Morgan fingerprint density at radius 1 is 0.833 bits per heavy atom. The number of hydrogen-bond acceptors (Lipinski definition) is 6. The van der Waals surface area contributed by atoms with E-state index in [2.05, 4.69) is 52.0 Å². The van der Waals surface area contributed by atoms with Gasteiger partial charge < -0.3 is 9.80 Å². The monoisotopic (exact) mass is 435 g/mol. The molecule has 1 aliphatic heterocycles. The van der Waals surface area contributed by atoms with Gasteiger partial charge in [-0.25, -0.2) is 15.0 Å². The highest BCUT2D eigenvalue weighted by atomic mass is 35.5. The molecule has 0 bridgehead atoms. The number of nitrogens with zero attached hydrogens (tertiary/aromatic N) is 5. The van der Waals surface area contributed by atoms with E-state index in [1.165, 1.54) is 5.56 Å². The van der Waals surface area contributed by atoms with Gasteiger partial charge in [0.2, 0.25) is 0 Å². The van der Waals surface area contributed by atoms with Crippen molar-refractivity contribution in [1.82, 2.24) is 15.0 Å². The number of aromatic nitrogens is 3. The summed E-state index contributed by atoms with van der Waals surface area (Å²) in [5.74, 6) is 1.79. The van der Waals surface area contributed by atoms with Crippen molar-refractivity contribution in [2.45, 2.75) is 13.8 Å². The van der Waals surface area contributed by atoms with E-state index < -0.39 is 0 Å². The number of anilines is 2. The normalized spacial score (nSPS) is 14.5. The van der Waals surface area contributed by atoms with Crippen molar-refractivity contribution < 1.29 is 0 Å². The molecule has 7 heteroatoms. The van der Waals surface area contributed by atoms with E-state index in [4.69, 9.17) is 21.6 Å². The largest absolute Gasteiger partial charge is 0.353 e. The lowest BCUT2D eigenvalue weighted by Crippen LogP contribution is -2.46. The molecule has 30 heavy (non-hydrogen) atoms. The van der Waals surface area contributed by atoms with Crippen molar-refractivity contribution in [3.8, 4) is 11.3 Å². The first-order valence-electron chi connectivity index (χ1n) is 10.0. The van der Waals surface area contributed by atoms with Crippen molar-refractivity contribution in [2.24, 2.45) is 0 Å². The van der Waals surface area contributed by atoms with Crippen LogP contribution in [-0.2, 0) is 0 Å². The van der Waals surface area contributed by atoms with Gasteiger partial charge in [-0.15, -0.1) is 0 Å². The number of aryl methyl sites for hydroxylation is 2. The highest BCUT2D eigenvalue weighted by molar-refractivity contribution is 7.22. The van der Waals surface area contributed by atoms with Gasteiger partial charge in [0.1, 0.15) is 11.6 Å². The zero-order valence-corrected chi connectivity index (χ0v) is 18.5. The highest BCUT2D eigenvalue weighted by Gasteiger charge is 2.21. The highest BCUT2D eigenvalue weighted by Crippen LogP contribution is 2.32. The van der Waals surface area contributed by atoms with Gasteiger partial charge >= 0.3 is 0 Å². The summed E-state index contributed by atoms with van der Waals surface area (Å²) in [7, 11) is 0. The summed E-state index contributed by atoms with van der Waals surface area (Å²) in [4.78, 5) is 18.9. The Morgan fingerprint density at radius 2 is 1.57 bits per heavy atom. The van der Waals surface area contributed by atoms with Crippen LogP contribution in [0.4, 0.5) is 10.9 Å². The molecule has 0 saturated carbocycles. The first-order valence-corrected chi connectivity index (χ1v) is 11.2. The number of benzene rings is 2. The van der Waals surface area contributed by atoms with Crippen molar-refractivity contribution in [3.05, 3.63) is 64.9 Å². The minimum atomic E-state index is 0.756. The minimum absolute atomic E-state index is 0.756. The Bertz CT molecular complexity index is 1200. The minimum Gasteiger partial charge on any atom is -0.353 e.